The molecule has 1 saturated carbocycles. The molecule has 3 atom stereocenters. The van der Waals surface area contributed by atoms with Crippen LogP contribution >= 0.6 is 0 Å². The summed E-state index contributed by atoms with van der Waals surface area (Å²) >= 11 is 0. The summed E-state index contributed by atoms with van der Waals surface area (Å²) in [4.78, 5) is 25.1. The average Bonchev–Trinajstić information content (AvgIpc) is 2.80. The first-order chi connectivity index (χ1) is 15.2. The van der Waals surface area contributed by atoms with Crippen LogP contribution in [-0.2, 0) is 24.3 Å². The minimum atomic E-state index is -3.89. The van der Waals surface area contributed by atoms with Crippen molar-refractivity contribution in [2.24, 2.45) is 5.92 Å². The molecule has 3 rings (SSSR count). The van der Waals surface area contributed by atoms with Crippen LogP contribution in [0.15, 0.2) is 23.1 Å². The third-order valence-corrected chi connectivity index (χ3v) is 8.00. The first-order valence-electron chi connectivity index (χ1n) is 11.0. The minimum absolute atomic E-state index is 0.0309. The Bertz CT molecular complexity index is 928. The van der Waals surface area contributed by atoms with Gasteiger partial charge in [0, 0.05) is 19.1 Å². The van der Waals surface area contributed by atoms with Gasteiger partial charge in [0.25, 0.3) is 5.91 Å². The summed E-state index contributed by atoms with van der Waals surface area (Å²) in [6.07, 6.45) is 3.19. The number of amides is 1. The van der Waals surface area contributed by atoms with Crippen LogP contribution < -0.4 is 10.1 Å². The molecule has 9 nitrogen and oxygen atoms in total. The zero-order valence-corrected chi connectivity index (χ0v) is 19.7. The Morgan fingerprint density at radius 3 is 2.53 bits per heavy atom. The molecule has 10 heteroatoms. The van der Waals surface area contributed by atoms with Crippen LogP contribution in [0.3, 0.4) is 0 Å². The quantitative estimate of drug-likeness (QED) is 0.609. The van der Waals surface area contributed by atoms with Crippen LogP contribution in [0.25, 0.3) is 0 Å². The molecule has 2 aliphatic rings. The van der Waals surface area contributed by atoms with E-state index in [0.717, 1.165) is 25.7 Å². The van der Waals surface area contributed by atoms with E-state index in [9.17, 15) is 18.0 Å². The molecular formula is C22H32N2O7S. The van der Waals surface area contributed by atoms with Crippen molar-refractivity contribution in [1.82, 2.24) is 9.62 Å². The van der Waals surface area contributed by atoms with Gasteiger partial charge in [0.15, 0.2) is 6.10 Å². The second-order valence-electron chi connectivity index (χ2n) is 8.31. The molecule has 0 spiro atoms. The Morgan fingerprint density at radius 1 is 1.19 bits per heavy atom. The number of ether oxygens (including phenoxy) is 3. The lowest BCUT2D eigenvalue weighted by Gasteiger charge is -2.30. The number of hydrogen-bond donors (Lipinski definition) is 1. The van der Waals surface area contributed by atoms with Crippen LogP contribution in [0.2, 0.25) is 0 Å². The van der Waals surface area contributed by atoms with Crippen LogP contribution in [0, 0.1) is 5.92 Å². The van der Waals surface area contributed by atoms with Gasteiger partial charge in [0.1, 0.15) is 10.6 Å². The molecule has 32 heavy (non-hydrogen) atoms. The SMILES string of the molecule is COc1ccc(C(=O)O[C@H](C)C(=O)N[C@H]2CCCC[C@H]2C)cc1S(=O)(=O)N1CCOCC1. The van der Waals surface area contributed by atoms with E-state index in [4.69, 9.17) is 14.2 Å². The van der Waals surface area contributed by atoms with E-state index in [0.29, 0.717) is 19.1 Å². The first kappa shape index (κ1) is 24.5. The molecule has 178 valence electrons. The van der Waals surface area contributed by atoms with Gasteiger partial charge in [-0.2, -0.15) is 4.31 Å². The average molecular weight is 469 g/mol. The normalized spacial score (nSPS) is 23.2. The zero-order chi connectivity index (χ0) is 23.3. The molecule has 1 aromatic rings. The lowest BCUT2D eigenvalue weighted by molar-refractivity contribution is -0.130. The number of carbonyl (C=O) groups excluding carboxylic acids is 2. The fourth-order valence-electron chi connectivity index (χ4n) is 4.04. The lowest BCUT2D eigenvalue weighted by Crippen LogP contribution is -2.46. The molecule has 0 unspecified atom stereocenters. The number of nitrogens with zero attached hydrogens (tertiary/aromatic N) is 1. The minimum Gasteiger partial charge on any atom is -0.495 e. The number of sulfonamides is 1. The summed E-state index contributed by atoms with van der Waals surface area (Å²) in [7, 11) is -2.52. The highest BCUT2D eigenvalue weighted by atomic mass is 32.2. The maximum Gasteiger partial charge on any atom is 0.338 e. The maximum absolute atomic E-state index is 13.1. The number of esters is 1. The summed E-state index contributed by atoms with van der Waals surface area (Å²) in [5.74, 6) is -0.618. The molecule has 1 aliphatic heterocycles. The third kappa shape index (κ3) is 5.60. The second kappa shape index (κ2) is 10.6. The Labute approximate surface area is 189 Å². The van der Waals surface area contributed by atoms with Crippen molar-refractivity contribution in [1.29, 1.82) is 0 Å². The van der Waals surface area contributed by atoms with Gasteiger partial charge in [-0.15, -0.1) is 0 Å². The van der Waals surface area contributed by atoms with E-state index in [1.54, 1.807) is 0 Å². The number of benzene rings is 1. The van der Waals surface area contributed by atoms with Gasteiger partial charge in [0.05, 0.1) is 25.9 Å². The fraction of sp³-hybridized carbons (Fsp3) is 0.636. The van der Waals surface area contributed by atoms with E-state index >= 15 is 0 Å². The second-order valence-corrected chi connectivity index (χ2v) is 10.2. The predicted octanol–water partition coefficient (Wildman–Crippen LogP) is 1.96. The van der Waals surface area contributed by atoms with Crippen LogP contribution in [0.1, 0.15) is 49.9 Å². The number of nitrogens with one attached hydrogen (secondary N) is 1. The predicted molar refractivity (Wildman–Crippen MR) is 117 cm³/mol. The molecule has 0 bridgehead atoms. The van der Waals surface area contributed by atoms with Crippen LogP contribution in [0.4, 0.5) is 0 Å². The Hall–Kier alpha value is -2.17. The molecule has 0 aromatic heterocycles. The Kier molecular flexibility index (Phi) is 8.13. The Morgan fingerprint density at radius 2 is 1.88 bits per heavy atom. The highest BCUT2D eigenvalue weighted by molar-refractivity contribution is 7.89. The zero-order valence-electron chi connectivity index (χ0n) is 18.8. The smallest absolute Gasteiger partial charge is 0.338 e. The lowest BCUT2D eigenvalue weighted by atomic mass is 9.86. The van der Waals surface area contributed by atoms with Crippen molar-refractivity contribution in [3.63, 3.8) is 0 Å². The summed E-state index contributed by atoms with van der Waals surface area (Å²) in [5, 5.41) is 2.97. The molecule has 1 aromatic carbocycles. The number of hydrogen-bond acceptors (Lipinski definition) is 7. The Balaban J connectivity index is 1.72. The van der Waals surface area contributed by atoms with Gasteiger partial charge in [0.2, 0.25) is 10.0 Å². The molecule has 1 N–H and O–H groups in total. The largest absolute Gasteiger partial charge is 0.495 e. The number of methoxy groups -OCH3 is 1. The fourth-order valence-corrected chi connectivity index (χ4v) is 5.63. The summed E-state index contributed by atoms with van der Waals surface area (Å²) in [5.41, 5.74) is 0.0309. The van der Waals surface area contributed by atoms with E-state index in [1.807, 2.05) is 0 Å². The van der Waals surface area contributed by atoms with Crippen molar-refractivity contribution in [3.05, 3.63) is 23.8 Å². The van der Waals surface area contributed by atoms with E-state index < -0.39 is 22.1 Å². The number of morpholine rings is 1. The first-order valence-corrected chi connectivity index (χ1v) is 12.5. The van der Waals surface area contributed by atoms with Crippen molar-refractivity contribution in [3.8, 4) is 5.75 Å². The molecule has 0 radical (unpaired) electrons. The number of carbonyl (C=O) groups is 2. The monoisotopic (exact) mass is 468 g/mol. The van der Waals surface area contributed by atoms with Crippen molar-refractivity contribution < 1.29 is 32.2 Å². The van der Waals surface area contributed by atoms with Crippen molar-refractivity contribution in [2.45, 2.75) is 56.6 Å². The van der Waals surface area contributed by atoms with E-state index in [-0.39, 0.29) is 41.2 Å². The summed E-state index contributed by atoms with van der Waals surface area (Å²) < 4.78 is 43.3. The highest BCUT2D eigenvalue weighted by Gasteiger charge is 2.31. The molecule has 1 amide bonds. The van der Waals surface area contributed by atoms with Crippen LogP contribution in [0.5, 0.6) is 5.75 Å². The topological polar surface area (TPSA) is 111 Å². The van der Waals surface area contributed by atoms with Gasteiger partial charge in [-0.1, -0.05) is 19.8 Å². The summed E-state index contributed by atoms with van der Waals surface area (Å²) in [6.45, 7) is 4.66. The molecule has 1 heterocycles. The van der Waals surface area contributed by atoms with E-state index in [1.165, 1.54) is 36.5 Å². The van der Waals surface area contributed by atoms with Crippen molar-refractivity contribution >= 4 is 21.9 Å². The highest BCUT2D eigenvalue weighted by Crippen LogP contribution is 2.29. The third-order valence-electron chi connectivity index (χ3n) is 6.08. The molecule has 1 aliphatic carbocycles. The van der Waals surface area contributed by atoms with Gasteiger partial charge in [-0.25, -0.2) is 13.2 Å². The molecular weight excluding hydrogens is 436 g/mol. The summed E-state index contributed by atoms with van der Waals surface area (Å²) in [6, 6.07) is 4.15. The van der Waals surface area contributed by atoms with Gasteiger partial charge in [-0.3, -0.25) is 4.79 Å². The number of rotatable bonds is 7. The van der Waals surface area contributed by atoms with Crippen molar-refractivity contribution in [2.75, 3.05) is 33.4 Å². The van der Waals surface area contributed by atoms with Gasteiger partial charge in [-0.05, 0) is 43.9 Å². The maximum atomic E-state index is 13.1. The van der Waals surface area contributed by atoms with Gasteiger partial charge < -0.3 is 19.5 Å². The molecule has 1 saturated heterocycles. The molecule has 2 fully saturated rings. The van der Waals surface area contributed by atoms with E-state index in [2.05, 4.69) is 12.2 Å². The van der Waals surface area contributed by atoms with Crippen LogP contribution in [-0.4, -0.2) is 70.2 Å². The standard InChI is InChI=1S/C22H32N2O7S/c1-15-6-4-5-7-18(15)23-21(25)16(2)31-22(26)17-8-9-19(29-3)20(14-17)32(27,28)24-10-12-30-13-11-24/h8-9,14-16,18H,4-7,10-13H2,1-3H3,(H,23,25)/t15-,16-,18+/m1/s1. The van der Waals surface area contributed by atoms with Gasteiger partial charge >= 0.3 is 5.97 Å².